The zero-order valence-electron chi connectivity index (χ0n) is 16.6. The number of aliphatic hydroxyl groups excluding tert-OH is 1. The standard InChI is InChI=1S/C23H25N5O2/c24-13-14-2-1-3-15(10-14)19-12-18(23(25)29)22-21(26-19)17-5-4-16(11-20(17)27-22)28-6-8-30-9-7-28/h1-5,10-12,23,27,29H,6-9,13,24-25H2. The number of pyridine rings is 1. The van der Waals surface area contributed by atoms with Gasteiger partial charge in [0.15, 0.2) is 0 Å². The van der Waals surface area contributed by atoms with Crippen molar-refractivity contribution < 1.29 is 9.84 Å². The Morgan fingerprint density at radius 1 is 1.13 bits per heavy atom. The smallest absolute Gasteiger partial charge is 0.130 e. The van der Waals surface area contributed by atoms with Crippen molar-refractivity contribution in [3.05, 3.63) is 59.7 Å². The summed E-state index contributed by atoms with van der Waals surface area (Å²) in [5.74, 6) is 0. The number of fused-ring (bicyclic) bond motifs is 3. The highest BCUT2D eigenvalue weighted by atomic mass is 16.5. The summed E-state index contributed by atoms with van der Waals surface area (Å²) in [6.07, 6.45) is -1.11. The van der Waals surface area contributed by atoms with Gasteiger partial charge in [0.2, 0.25) is 0 Å². The molecule has 30 heavy (non-hydrogen) atoms. The molecule has 4 aromatic rings. The number of ether oxygens (including phenoxy) is 1. The highest BCUT2D eigenvalue weighted by Crippen LogP contribution is 2.33. The molecule has 6 N–H and O–H groups in total. The number of nitrogens with one attached hydrogen (secondary N) is 1. The van der Waals surface area contributed by atoms with Gasteiger partial charge in [-0.25, -0.2) is 4.98 Å². The lowest BCUT2D eigenvalue weighted by Gasteiger charge is -2.28. The van der Waals surface area contributed by atoms with Crippen molar-refractivity contribution in [3.63, 3.8) is 0 Å². The second kappa shape index (κ2) is 7.70. The average molecular weight is 403 g/mol. The maximum Gasteiger partial charge on any atom is 0.130 e. The van der Waals surface area contributed by atoms with E-state index in [1.807, 2.05) is 30.3 Å². The lowest BCUT2D eigenvalue weighted by Crippen LogP contribution is -2.36. The van der Waals surface area contributed by atoms with Crippen LogP contribution >= 0.6 is 0 Å². The Balaban J connectivity index is 1.68. The molecule has 0 amide bonds. The topological polar surface area (TPSA) is 113 Å². The summed E-state index contributed by atoms with van der Waals surface area (Å²) in [5, 5.41) is 11.3. The van der Waals surface area contributed by atoms with Gasteiger partial charge >= 0.3 is 0 Å². The Hall–Kier alpha value is -2.97. The van der Waals surface area contributed by atoms with E-state index in [0.29, 0.717) is 12.1 Å². The molecule has 1 aliphatic heterocycles. The number of aromatic amines is 1. The summed E-state index contributed by atoms with van der Waals surface area (Å²) in [5.41, 5.74) is 18.7. The number of morpholine rings is 1. The van der Waals surface area contributed by atoms with E-state index in [-0.39, 0.29) is 0 Å². The lowest BCUT2D eigenvalue weighted by atomic mass is 10.0. The van der Waals surface area contributed by atoms with Crippen molar-refractivity contribution >= 4 is 27.6 Å². The van der Waals surface area contributed by atoms with Crippen LogP contribution in [0.3, 0.4) is 0 Å². The highest BCUT2D eigenvalue weighted by molar-refractivity contribution is 6.07. The van der Waals surface area contributed by atoms with Gasteiger partial charge in [-0.3, -0.25) is 0 Å². The molecule has 154 valence electrons. The lowest BCUT2D eigenvalue weighted by molar-refractivity contribution is 0.122. The zero-order valence-corrected chi connectivity index (χ0v) is 16.6. The van der Waals surface area contributed by atoms with Crippen LogP contribution in [0.2, 0.25) is 0 Å². The SMILES string of the molecule is NCc1cccc(-c2cc(C(N)O)c3[nH]c4cc(N5CCOCC5)ccc4c3n2)c1. The third-order valence-corrected chi connectivity index (χ3v) is 5.72. The molecule has 3 heterocycles. The molecule has 5 rings (SSSR count). The first-order chi connectivity index (χ1) is 14.6. The third kappa shape index (κ3) is 3.32. The van der Waals surface area contributed by atoms with Crippen molar-refractivity contribution in [2.45, 2.75) is 12.8 Å². The number of rotatable bonds is 4. The molecule has 0 aliphatic carbocycles. The van der Waals surface area contributed by atoms with Gasteiger partial charge in [-0.2, -0.15) is 0 Å². The minimum atomic E-state index is -1.11. The average Bonchev–Trinajstić information content (AvgIpc) is 3.16. The molecule has 2 aromatic carbocycles. The number of nitrogens with two attached hydrogens (primary N) is 2. The van der Waals surface area contributed by atoms with Crippen molar-refractivity contribution in [3.8, 4) is 11.3 Å². The number of aromatic nitrogens is 2. The molecular weight excluding hydrogens is 378 g/mol. The Kier molecular flexibility index (Phi) is 4.88. The molecule has 0 bridgehead atoms. The fourth-order valence-electron chi connectivity index (χ4n) is 4.12. The summed E-state index contributed by atoms with van der Waals surface area (Å²) in [6, 6.07) is 16.1. The van der Waals surface area contributed by atoms with Gasteiger partial charge in [0.05, 0.1) is 35.5 Å². The van der Waals surface area contributed by atoms with Crippen molar-refractivity contribution in [1.29, 1.82) is 0 Å². The number of anilines is 1. The predicted octanol–water partition coefficient (Wildman–Crippen LogP) is 2.63. The molecule has 1 aliphatic rings. The van der Waals surface area contributed by atoms with Crippen LogP contribution in [0.1, 0.15) is 17.4 Å². The number of hydrogen-bond donors (Lipinski definition) is 4. The summed E-state index contributed by atoms with van der Waals surface area (Å²) in [6.45, 7) is 3.68. The van der Waals surface area contributed by atoms with Crippen LogP contribution in [0.25, 0.3) is 33.2 Å². The van der Waals surface area contributed by atoms with Gasteiger partial charge < -0.3 is 31.2 Å². The van der Waals surface area contributed by atoms with Crippen molar-refractivity contribution in [2.24, 2.45) is 11.5 Å². The van der Waals surface area contributed by atoms with Gasteiger partial charge in [0.1, 0.15) is 6.23 Å². The van der Waals surface area contributed by atoms with Gasteiger partial charge in [0, 0.05) is 41.8 Å². The number of hydrogen-bond acceptors (Lipinski definition) is 6. The van der Waals surface area contributed by atoms with E-state index < -0.39 is 6.23 Å². The minimum absolute atomic E-state index is 0.458. The predicted molar refractivity (Wildman–Crippen MR) is 119 cm³/mol. The van der Waals surface area contributed by atoms with Crippen LogP contribution in [0.5, 0.6) is 0 Å². The van der Waals surface area contributed by atoms with Crippen molar-refractivity contribution in [2.75, 3.05) is 31.2 Å². The fraction of sp³-hybridized carbons (Fsp3) is 0.261. The Bertz CT molecular complexity index is 1210. The normalized spacial score (nSPS) is 15.8. The molecule has 1 saturated heterocycles. The highest BCUT2D eigenvalue weighted by Gasteiger charge is 2.18. The molecule has 0 spiro atoms. The summed E-state index contributed by atoms with van der Waals surface area (Å²) >= 11 is 0. The van der Waals surface area contributed by atoms with Crippen LogP contribution in [0.15, 0.2) is 48.5 Å². The van der Waals surface area contributed by atoms with Crippen LogP contribution in [-0.2, 0) is 11.3 Å². The number of aliphatic hydroxyl groups is 1. The molecule has 7 heteroatoms. The Morgan fingerprint density at radius 3 is 2.73 bits per heavy atom. The Morgan fingerprint density at radius 2 is 1.97 bits per heavy atom. The molecule has 0 radical (unpaired) electrons. The summed E-state index contributed by atoms with van der Waals surface area (Å²) in [4.78, 5) is 10.7. The van der Waals surface area contributed by atoms with Gasteiger partial charge in [-0.15, -0.1) is 0 Å². The monoisotopic (exact) mass is 403 g/mol. The Labute approximate surface area is 174 Å². The van der Waals surface area contributed by atoms with Gasteiger partial charge in [-0.05, 0) is 35.9 Å². The summed E-state index contributed by atoms with van der Waals surface area (Å²) < 4.78 is 5.46. The minimum Gasteiger partial charge on any atom is -0.378 e. The molecule has 7 nitrogen and oxygen atoms in total. The van der Waals surface area contributed by atoms with E-state index in [4.69, 9.17) is 21.2 Å². The summed E-state index contributed by atoms with van der Waals surface area (Å²) in [7, 11) is 0. The second-order valence-electron chi connectivity index (χ2n) is 7.62. The molecule has 1 unspecified atom stereocenters. The second-order valence-corrected chi connectivity index (χ2v) is 7.62. The first-order valence-corrected chi connectivity index (χ1v) is 10.2. The maximum atomic E-state index is 10.3. The molecular formula is C23H25N5O2. The van der Waals surface area contributed by atoms with E-state index in [2.05, 4.69) is 28.1 Å². The first kappa shape index (κ1) is 19.0. The van der Waals surface area contributed by atoms with E-state index in [1.54, 1.807) is 0 Å². The van der Waals surface area contributed by atoms with E-state index >= 15 is 0 Å². The number of benzene rings is 2. The first-order valence-electron chi connectivity index (χ1n) is 10.2. The number of nitrogens with zero attached hydrogens (tertiary/aromatic N) is 2. The molecule has 1 fully saturated rings. The molecule has 1 atom stereocenters. The quantitative estimate of drug-likeness (QED) is 0.390. The van der Waals surface area contributed by atoms with Crippen LogP contribution in [0, 0.1) is 0 Å². The zero-order chi connectivity index (χ0) is 20.7. The van der Waals surface area contributed by atoms with Crippen LogP contribution in [-0.4, -0.2) is 41.4 Å². The third-order valence-electron chi connectivity index (χ3n) is 5.72. The van der Waals surface area contributed by atoms with E-state index in [1.165, 1.54) is 0 Å². The van der Waals surface area contributed by atoms with Crippen molar-refractivity contribution in [1.82, 2.24) is 9.97 Å². The van der Waals surface area contributed by atoms with Gasteiger partial charge in [-0.1, -0.05) is 18.2 Å². The maximum absolute atomic E-state index is 10.3. The number of H-pyrrole nitrogens is 1. The van der Waals surface area contributed by atoms with Crippen LogP contribution < -0.4 is 16.4 Å². The molecule has 0 saturated carbocycles. The van der Waals surface area contributed by atoms with Gasteiger partial charge in [0.25, 0.3) is 0 Å². The van der Waals surface area contributed by atoms with E-state index in [0.717, 1.165) is 70.7 Å². The van der Waals surface area contributed by atoms with Crippen LogP contribution in [0.4, 0.5) is 5.69 Å². The van der Waals surface area contributed by atoms with E-state index in [9.17, 15) is 5.11 Å². The largest absolute Gasteiger partial charge is 0.378 e. The fourth-order valence-corrected chi connectivity index (χ4v) is 4.12. The molecule has 2 aromatic heterocycles.